The van der Waals surface area contributed by atoms with E-state index in [1.807, 2.05) is 56.3 Å². The Balaban J connectivity index is 1.55. The van der Waals surface area contributed by atoms with Crippen LogP contribution in [0.15, 0.2) is 58.2 Å². The molecule has 26 heavy (non-hydrogen) atoms. The predicted octanol–water partition coefficient (Wildman–Crippen LogP) is 4.67. The number of carbonyl (C=O) groups is 1. The Hall–Kier alpha value is -2.31. The van der Waals surface area contributed by atoms with Gasteiger partial charge in [-0.05, 0) is 37.6 Å². The second-order valence-corrected chi connectivity index (χ2v) is 7.17. The normalized spacial score (nSPS) is 12.0. The maximum atomic E-state index is 12.2. The number of hydrogen-bond donors (Lipinski definition) is 1. The molecule has 0 saturated heterocycles. The van der Waals surface area contributed by atoms with Crippen LogP contribution in [0.1, 0.15) is 24.1 Å². The van der Waals surface area contributed by atoms with Crippen LogP contribution in [-0.4, -0.2) is 21.9 Å². The molecule has 0 fully saturated rings. The van der Waals surface area contributed by atoms with Crippen LogP contribution in [0.25, 0.3) is 11.5 Å². The Morgan fingerprint density at radius 2 is 1.92 bits per heavy atom. The lowest BCUT2D eigenvalue weighted by Gasteiger charge is -2.15. The summed E-state index contributed by atoms with van der Waals surface area (Å²) in [6, 6.07) is 15.1. The molecule has 1 unspecified atom stereocenters. The van der Waals surface area contributed by atoms with Crippen LogP contribution < -0.4 is 5.32 Å². The molecule has 5 nitrogen and oxygen atoms in total. The lowest BCUT2D eigenvalue weighted by Crippen LogP contribution is -2.28. The van der Waals surface area contributed by atoms with Gasteiger partial charge < -0.3 is 9.73 Å². The first-order valence-corrected chi connectivity index (χ1v) is 9.46. The highest BCUT2D eigenvalue weighted by atomic mass is 35.5. The van der Waals surface area contributed by atoms with Gasteiger partial charge in [-0.25, -0.2) is 0 Å². The fraction of sp³-hybridized carbons (Fsp3) is 0.211. The van der Waals surface area contributed by atoms with E-state index in [4.69, 9.17) is 16.0 Å². The van der Waals surface area contributed by atoms with Crippen LogP contribution in [0.2, 0.25) is 5.02 Å². The quantitative estimate of drug-likeness (QED) is 0.622. The van der Waals surface area contributed by atoms with Crippen molar-refractivity contribution < 1.29 is 9.21 Å². The van der Waals surface area contributed by atoms with E-state index in [9.17, 15) is 4.79 Å². The number of halogens is 1. The van der Waals surface area contributed by atoms with Crippen LogP contribution in [0.5, 0.6) is 0 Å². The van der Waals surface area contributed by atoms with Crippen molar-refractivity contribution in [3.63, 3.8) is 0 Å². The first kappa shape index (κ1) is 18.5. The molecule has 0 radical (unpaired) electrons. The molecule has 0 aliphatic heterocycles. The molecule has 0 aliphatic rings. The number of aromatic nitrogens is 2. The molecule has 3 rings (SSSR count). The molecule has 7 heteroatoms. The minimum atomic E-state index is -0.178. The average Bonchev–Trinajstić information content (AvgIpc) is 3.10. The Kier molecular flexibility index (Phi) is 5.96. The first-order chi connectivity index (χ1) is 12.5. The Morgan fingerprint density at radius 3 is 2.65 bits per heavy atom. The maximum Gasteiger partial charge on any atom is 0.277 e. The smallest absolute Gasteiger partial charge is 0.277 e. The highest BCUT2D eigenvalue weighted by Gasteiger charge is 2.14. The lowest BCUT2D eigenvalue weighted by molar-refractivity contribution is -0.119. The fourth-order valence-electron chi connectivity index (χ4n) is 2.40. The summed E-state index contributed by atoms with van der Waals surface area (Å²) in [5.74, 6) is 0.500. The molecule has 1 atom stereocenters. The van der Waals surface area contributed by atoms with Crippen molar-refractivity contribution in [3.05, 3.63) is 64.7 Å². The van der Waals surface area contributed by atoms with E-state index in [1.165, 1.54) is 11.8 Å². The highest BCUT2D eigenvalue weighted by Crippen LogP contribution is 2.24. The van der Waals surface area contributed by atoms with Crippen molar-refractivity contribution in [1.82, 2.24) is 15.5 Å². The topological polar surface area (TPSA) is 68.0 Å². The van der Waals surface area contributed by atoms with Crippen LogP contribution in [0, 0.1) is 6.92 Å². The van der Waals surface area contributed by atoms with Crippen LogP contribution in [0.4, 0.5) is 0 Å². The number of thioether (sulfide) groups is 1. The summed E-state index contributed by atoms with van der Waals surface area (Å²) in [7, 11) is 0. The molecule has 134 valence electrons. The summed E-state index contributed by atoms with van der Waals surface area (Å²) in [4.78, 5) is 12.2. The molecule has 0 spiro atoms. The van der Waals surface area contributed by atoms with Gasteiger partial charge in [-0.1, -0.05) is 59.3 Å². The van der Waals surface area contributed by atoms with Gasteiger partial charge in [0.15, 0.2) is 0 Å². The minimum absolute atomic E-state index is 0.127. The Bertz CT molecular complexity index is 896. The van der Waals surface area contributed by atoms with E-state index in [-0.39, 0.29) is 17.7 Å². The summed E-state index contributed by atoms with van der Waals surface area (Å²) < 4.78 is 5.61. The molecular weight excluding hydrogens is 370 g/mol. The number of nitrogens with zero attached hydrogens (tertiary/aromatic N) is 2. The van der Waals surface area contributed by atoms with Gasteiger partial charge in [0, 0.05) is 10.6 Å². The van der Waals surface area contributed by atoms with Crippen molar-refractivity contribution in [2.45, 2.75) is 25.1 Å². The van der Waals surface area contributed by atoms with Crippen LogP contribution in [-0.2, 0) is 4.79 Å². The van der Waals surface area contributed by atoms with Crippen molar-refractivity contribution in [1.29, 1.82) is 0 Å². The molecule has 0 aliphatic carbocycles. The van der Waals surface area contributed by atoms with Gasteiger partial charge in [0.05, 0.1) is 11.8 Å². The van der Waals surface area contributed by atoms with Gasteiger partial charge in [0.25, 0.3) is 5.22 Å². The zero-order valence-corrected chi connectivity index (χ0v) is 16.0. The lowest BCUT2D eigenvalue weighted by atomic mass is 10.1. The largest absolute Gasteiger partial charge is 0.411 e. The van der Waals surface area contributed by atoms with Crippen LogP contribution >= 0.6 is 23.4 Å². The molecule has 0 bridgehead atoms. The fourth-order valence-corrected chi connectivity index (χ4v) is 3.27. The first-order valence-electron chi connectivity index (χ1n) is 8.10. The summed E-state index contributed by atoms with van der Waals surface area (Å²) in [6.45, 7) is 3.91. The van der Waals surface area contributed by atoms with E-state index in [1.54, 1.807) is 6.07 Å². The predicted molar refractivity (Wildman–Crippen MR) is 103 cm³/mol. The Morgan fingerprint density at radius 1 is 1.19 bits per heavy atom. The SMILES string of the molecule is Cc1ccc(-c2nnc(SCC(=O)NC(C)c3ccccc3Cl)o2)cc1. The third kappa shape index (κ3) is 4.65. The second-order valence-electron chi connectivity index (χ2n) is 5.84. The second kappa shape index (κ2) is 8.38. The van der Waals surface area contributed by atoms with Crippen molar-refractivity contribution in [3.8, 4) is 11.5 Å². The maximum absolute atomic E-state index is 12.2. The molecule has 3 aromatic rings. The van der Waals surface area contributed by atoms with Gasteiger partial charge in [0.2, 0.25) is 11.8 Å². The zero-order valence-electron chi connectivity index (χ0n) is 14.4. The number of benzene rings is 2. The van der Waals surface area contributed by atoms with Gasteiger partial charge in [-0.3, -0.25) is 4.79 Å². The van der Waals surface area contributed by atoms with Crippen molar-refractivity contribution >= 4 is 29.3 Å². The number of aryl methyl sites for hydroxylation is 1. The van der Waals surface area contributed by atoms with E-state index < -0.39 is 0 Å². The molecule has 1 N–H and O–H groups in total. The molecule has 2 aromatic carbocycles. The summed E-state index contributed by atoms with van der Waals surface area (Å²) in [5.41, 5.74) is 2.89. The summed E-state index contributed by atoms with van der Waals surface area (Å²) >= 11 is 7.36. The van der Waals surface area contributed by atoms with E-state index in [2.05, 4.69) is 15.5 Å². The van der Waals surface area contributed by atoms with Gasteiger partial charge in [0.1, 0.15) is 0 Å². The summed E-state index contributed by atoms with van der Waals surface area (Å²) in [6.07, 6.45) is 0. The number of rotatable bonds is 6. The average molecular weight is 388 g/mol. The van der Waals surface area contributed by atoms with E-state index in [0.29, 0.717) is 16.1 Å². The third-order valence-corrected chi connectivity index (χ3v) is 4.94. The standard InChI is InChI=1S/C19H18ClN3O2S/c1-12-7-9-14(10-8-12)18-22-23-19(25-18)26-11-17(24)21-13(2)15-5-3-4-6-16(15)20/h3-10,13H,11H2,1-2H3,(H,21,24). The van der Waals surface area contributed by atoms with Crippen LogP contribution in [0.3, 0.4) is 0 Å². The number of carbonyl (C=O) groups excluding carboxylic acids is 1. The minimum Gasteiger partial charge on any atom is -0.411 e. The monoisotopic (exact) mass is 387 g/mol. The van der Waals surface area contributed by atoms with Gasteiger partial charge in [-0.15, -0.1) is 10.2 Å². The van der Waals surface area contributed by atoms with Gasteiger partial charge in [-0.2, -0.15) is 0 Å². The highest BCUT2D eigenvalue weighted by molar-refractivity contribution is 7.99. The zero-order chi connectivity index (χ0) is 18.5. The third-order valence-electron chi connectivity index (χ3n) is 3.78. The number of hydrogen-bond acceptors (Lipinski definition) is 5. The summed E-state index contributed by atoms with van der Waals surface area (Å²) in [5, 5.41) is 11.9. The molecule has 1 amide bonds. The van der Waals surface area contributed by atoms with Gasteiger partial charge >= 0.3 is 0 Å². The van der Waals surface area contributed by atoms with Crippen molar-refractivity contribution in [2.24, 2.45) is 0 Å². The number of amides is 1. The van der Waals surface area contributed by atoms with Crippen molar-refractivity contribution in [2.75, 3.05) is 5.75 Å². The molecular formula is C19H18ClN3O2S. The number of nitrogens with one attached hydrogen (secondary N) is 1. The Labute approximate surface area is 161 Å². The molecule has 0 saturated carbocycles. The molecule has 1 aromatic heterocycles. The molecule has 1 heterocycles. The van der Waals surface area contributed by atoms with E-state index >= 15 is 0 Å². The van der Waals surface area contributed by atoms with E-state index in [0.717, 1.165) is 16.7 Å².